The van der Waals surface area contributed by atoms with Gasteiger partial charge in [0, 0.05) is 23.4 Å². The minimum Gasteiger partial charge on any atom is -0.323 e. The van der Waals surface area contributed by atoms with Crippen molar-refractivity contribution in [1.29, 1.82) is 0 Å². The fraction of sp³-hybridized carbons (Fsp3) is 0.0556. The maximum absolute atomic E-state index is 11.4. The lowest BCUT2D eigenvalue weighted by Crippen LogP contribution is -2.01. The van der Waals surface area contributed by atoms with Crippen LogP contribution in [0.4, 0.5) is 17.3 Å². The number of non-ortho nitro benzene ring substituents is 1. The molecule has 0 spiro atoms. The predicted molar refractivity (Wildman–Crippen MR) is 98.2 cm³/mol. The molecule has 0 saturated heterocycles. The molecule has 2 heterocycles. The van der Waals surface area contributed by atoms with Gasteiger partial charge in [0.05, 0.1) is 10.3 Å². The van der Waals surface area contributed by atoms with Gasteiger partial charge in [0.15, 0.2) is 17.2 Å². The summed E-state index contributed by atoms with van der Waals surface area (Å²) in [5.41, 5.74) is 1.87. The van der Waals surface area contributed by atoms with Crippen LogP contribution >= 0.6 is 0 Å². The van der Waals surface area contributed by atoms with Crippen molar-refractivity contribution in [3.63, 3.8) is 0 Å². The van der Waals surface area contributed by atoms with Crippen molar-refractivity contribution < 1.29 is 4.92 Å². The van der Waals surface area contributed by atoms with Crippen LogP contribution in [-0.4, -0.2) is 25.1 Å². The summed E-state index contributed by atoms with van der Waals surface area (Å²) in [7, 11) is 0. The molecular formula is C18H14N6O2. The average molecular weight is 346 g/mol. The standard InChI is InChI=1S/C18H14N6O2/c1-11-10-15(23-22-11)19-18-13-8-5-9-14(24(25)26)16(13)20-17(21-18)12-6-3-2-4-7-12/h2-10H,1H3,(H2,19,20,21,22,23). The number of aryl methyl sites for hydroxylation is 1. The molecule has 0 unspecified atom stereocenters. The maximum Gasteiger partial charge on any atom is 0.295 e. The van der Waals surface area contributed by atoms with E-state index in [1.54, 1.807) is 12.1 Å². The normalized spacial score (nSPS) is 10.8. The molecule has 0 saturated carbocycles. The van der Waals surface area contributed by atoms with E-state index in [0.29, 0.717) is 22.8 Å². The third kappa shape index (κ3) is 2.84. The third-order valence-corrected chi connectivity index (χ3v) is 3.89. The van der Waals surface area contributed by atoms with Gasteiger partial charge in [0.2, 0.25) is 0 Å². The predicted octanol–water partition coefficient (Wildman–Crippen LogP) is 3.98. The Morgan fingerprint density at radius 1 is 1.08 bits per heavy atom. The summed E-state index contributed by atoms with van der Waals surface area (Å²) in [5, 5.41) is 22.1. The van der Waals surface area contributed by atoms with Gasteiger partial charge in [-0.3, -0.25) is 15.2 Å². The van der Waals surface area contributed by atoms with Crippen LogP contribution in [0.5, 0.6) is 0 Å². The molecule has 8 nitrogen and oxygen atoms in total. The van der Waals surface area contributed by atoms with E-state index in [9.17, 15) is 10.1 Å². The molecule has 0 amide bonds. The van der Waals surface area contributed by atoms with E-state index in [4.69, 9.17) is 0 Å². The van der Waals surface area contributed by atoms with Crippen molar-refractivity contribution in [2.75, 3.05) is 5.32 Å². The molecule has 128 valence electrons. The highest BCUT2D eigenvalue weighted by Gasteiger charge is 2.18. The molecule has 2 aromatic carbocycles. The summed E-state index contributed by atoms with van der Waals surface area (Å²) >= 11 is 0. The largest absolute Gasteiger partial charge is 0.323 e. The number of fused-ring (bicyclic) bond motifs is 1. The fourth-order valence-corrected chi connectivity index (χ4v) is 2.70. The fourth-order valence-electron chi connectivity index (χ4n) is 2.70. The van der Waals surface area contributed by atoms with Crippen LogP contribution in [0.15, 0.2) is 54.6 Å². The first-order chi connectivity index (χ1) is 12.6. The number of para-hydroxylation sites is 1. The Bertz CT molecular complexity index is 1110. The molecule has 0 atom stereocenters. The van der Waals surface area contributed by atoms with Crippen LogP contribution in [-0.2, 0) is 0 Å². The number of aromatic amines is 1. The van der Waals surface area contributed by atoms with Gasteiger partial charge in [-0.05, 0) is 13.0 Å². The van der Waals surface area contributed by atoms with E-state index >= 15 is 0 Å². The van der Waals surface area contributed by atoms with Crippen molar-refractivity contribution in [2.24, 2.45) is 0 Å². The molecule has 4 aromatic rings. The summed E-state index contributed by atoms with van der Waals surface area (Å²) in [4.78, 5) is 20.0. The van der Waals surface area contributed by atoms with E-state index in [1.807, 2.05) is 43.3 Å². The highest BCUT2D eigenvalue weighted by molar-refractivity contribution is 5.97. The molecule has 0 aliphatic rings. The van der Waals surface area contributed by atoms with E-state index in [0.717, 1.165) is 11.3 Å². The molecule has 26 heavy (non-hydrogen) atoms. The Labute approximate surface area is 148 Å². The van der Waals surface area contributed by atoms with Gasteiger partial charge in [-0.25, -0.2) is 9.97 Å². The topological polar surface area (TPSA) is 110 Å². The lowest BCUT2D eigenvalue weighted by Gasteiger charge is -2.09. The third-order valence-electron chi connectivity index (χ3n) is 3.89. The van der Waals surface area contributed by atoms with Crippen molar-refractivity contribution in [1.82, 2.24) is 20.2 Å². The van der Waals surface area contributed by atoms with Crippen LogP contribution < -0.4 is 5.32 Å². The highest BCUT2D eigenvalue weighted by atomic mass is 16.6. The summed E-state index contributed by atoms with van der Waals surface area (Å²) in [5.74, 6) is 1.44. The minimum atomic E-state index is -0.438. The molecule has 2 aromatic heterocycles. The van der Waals surface area contributed by atoms with Crippen molar-refractivity contribution in [3.05, 3.63) is 70.4 Å². The first-order valence-electron chi connectivity index (χ1n) is 7.91. The van der Waals surface area contributed by atoms with E-state index in [2.05, 4.69) is 25.5 Å². The van der Waals surface area contributed by atoms with E-state index in [1.165, 1.54) is 6.07 Å². The number of H-pyrrole nitrogens is 1. The quantitative estimate of drug-likeness (QED) is 0.427. The molecule has 0 aliphatic heterocycles. The molecule has 8 heteroatoms. The molecular weight excluding hydrogens is 332 g/mol. The van der Waals surface area contributed by atoms with E-state index in [-0.39, 0.29) is 11.2 Å². The van der Waals surface area contributed by atoms with Crippen LogP contribution in [0, 0.1) is 17.0 Å². The smallest absolute Gasteiger partial charge is 0.295 e. The Morgan fingerprint density at radius 3 is 2.58 bits per heavy atom. The molecule has 0 radical (unpaired) electrons. The molecule has 0 bridgehead atoms. The Hall–Kier alpha value is -3.81. The van der Waals surface area contributed by atoms with E-state index < -0.39 is 4.92 Å². The Balaban J connectivity index is 1.96. The van der Waals surface area contributed by atoms with Crippen LogP contribution in [0.25, 0.3) is 22.3 Å². The lowest BCUT2D eigenvalue weighted by atomic mass is 10.1. The summed E-state index contributed by atoms with van der Waals surface area (Å²) in [6, 6.07) is 16.0. The van der Waals surface area contributed by atoms with Gasteiger partial charge in [0.1, 0.15) is 5.82 Å². The number of rotatable bonds is 4. The lowest BCUT2D eigenvalue weighted by molar-refractivity contribution is -0.383. The van der Waals surface area contributed by atoms with Gasteiger partial charge in [0.25, 0.3) is 5.69 Å². The van der Waals surface area contributed by atoms with Crippen LogP contribution in [0.3, 0.4) is 0 Å². The number of benzene rings is 2. The van der Waals surface area contributed by atoms with Crippen molar-refractivity contribution in [3.8, 4) is 11.4 Å². The summed E-state index contributed by atoms with van der Waals surface area (Å²) in [6.45, 7) is 1.89. The SMILES string of the molecule is Cc1cc(Nc2nc(-c3ccccc3)nc3c([N+](=O)[O-])cccc23)n[nH]1. The summed E-state index contributed by atoms with van der Waals surface area (Å²) < 4.78 is 0. The van der Waals surface area contributed by atoms with Crippen molar-refractivity contribution in [2.45, 2.75) is 6.92 Å². The number of nitrogens with one attached hydrogen (secondary N) is 2. The van der Waals surface area contributed by atoms with Crippen LogP contribution in [0.2, 0.25) is 0 Å². The van der Waals surface area contributed by atoms with Gasteiger partial charge in [-0.2, -0.15) is 5.10 Å². The summed E-state index contributed by atoms with van der Waals surface area (Å²) in [6.07, 6.45) is 0. The first-order valence-corrected chi connectivity index (χ1v) is 7.91. The Morgan fingerprint density at radius 2 is 1.88 bits per heavy atom. The second-order valence-corrected chi connectivity index (χ2v) is 5.75. The zero-order valence-corrected chi connectivity index (χ0v) is 13.8. The monoisotopic (exact) mass is 346 g/mol. The van der Waals surface area contributed by atoms with Gasteiger partial charge in [-0.15, -0.1) is 0 Å². The second kappa shape index (κ2) is 6.25. The van der Waals surface area contributed by atoms with Gasteiger partial charge in [-0.1, -0.05) is 36.4 Å². The molecule has 0 fully saturated rings. The first kappa shape index (κ1) is 15.7. The number of nitro benzene ring substituents is 1. The molecule has 0 aliphatic carbocycles. The van der Waals surface area contributed by atoms with Gasteiger partial charge >= 0.3 is 0 Å². The second-order valence-electron chi connectivity index (χ2n) is 5.75. The van der Waals surface area contributed by atoms with Gasteiger partial charge < -0.3 is 5.32 Å². The number of anilines is 2. The number of nitrogens with zero attached hydrogens (tertiary/aromatic N) is 4. The minimum absolute atomic E-state index is 0.0664. The number of nitro groups is 1. The molecule has 4 rings (SSSR count). The zero-order valence-electron chi connectivity index (χ0n) is 13.8. The maximum atomic E-state index is 11.4. The average Bonchev–Trinajstić information content (AvgIpc) is 3.06. The van der Waals surface area contributed by atoms with Crippen LogP contribution in [0.1, 0.15) is 5.69 Å². The number of hydrogen-bond acceptors (Lipinski definition) is 6. The molecule has 2 N–H and O–H groups in total. The van der Waals surface area contributed by atoms with Crippen molar-refractivity contribution >= 4 is 28.2 Å². The zero-order chi connectivity index (χ0) is 18.1. The highest BCUT2D eigenvalue weighted by Crippen LogP contribution is 2.31. The number of aromatic nitrogens is 4. The Kier molecular flexibility index (Phi) is 3.77. The number of hydrogen-bond donors (Lipinski definition) is 2.